The summed E-state index contributed by atoms with van der Waals surface area (Å²) in [5.74, 6) is 0.136. The zero-order valence-electron chi connectivity index (χ0n) is 13.5. The Morgan fingerprint density at radius 3 is 2.14 bits per heavy atom. The van der Waals surface area contributed by atoms with E-state index in [1.54, 1.807) is 0 Å². The van der Waals surface area contributed by atoms with Gasteiger partial charge < -0.3 is 10.2 Å². The number of hydrogen-bond acceptors (Lipinski definition) is 2. The fourth-order valence-corrected chi connectivity index (χ4v) is 2.68. The van der Waals surface area contributed by atoms with Crippen LogP contribution in [0, 0.1) is 0 Å². The van der Waals surface area contributed by atoms with Gasteiger partial charge in [-0.25, -0.2) is 0 Å². The lowest BCUT2D eigenvalue weighted by molar-refractivity contribution is 0.0703. The molecule has 1 amide bonds. The highest BCUT2D eigenvalue weighted by molar-refractivity contribution is 5.94. The smallest absolute Gasteiger partial charge is 0.253 e. The molecule has 4 heteroatoms. The number of benzene rings is 1. The predicted octanol–water partition coefficient (Wildman–Crippen LogP) is 3.23. The first kappa shape index (κ1) is 18.0. The van der Waals surface area contributed by atoms with Gasteiger partial charge in [-0.2, -0.15) is 0 Å². The molecule has 21 heavy (non-hydrogen) atoms. The Labute approximate surface area is 134 Å². The van der Waals surface area contributed by atoms with Crippen molar-refractivity contribution < 1.29 is 4.79 Å². The lowest BCUT2D eigenvalue weighted by atomic mass is 9.86. The van der Waals surface area contributed by atoms with Crippen LogP contribution in [0.5, 0.6) is 0 Å². The van der Waals surface area contributed by atoms with Crippen LogP contribution in [0.25, 0.3) is 0 Å². The third kappa shape index (κ3) is 4.45. The van der Waals surface area contributed by atoms with Gasteiger partial charge in [0.2, 0.25) is 0 Å². The minimum atomic E-state index is 0. The number of carbonyl (C=O) groups is 1. The number of amides is 1. The third-order valence-electron chi connectivity index (χ3n) is 4.17. The zero-order valence-corrected chi connectivity index (χ0v) is 14.3. The molecule has 1 fully saturated rings. The van der Waals surface area contributed by atoms with Crippen molar-refractivity contribution in [2.75, 3.05) is 20.1 Å². The second-order valence-electron chi connectivity index (χ2n) is 6.72. The SMILES string of the molecule is CN(C(=O)c1ccc(C(C)(C)C)cc1)C1CCNCC1.Cl. The maximum absolute atomic E-state index is 12.5. The van der Waals surface area contributed by atoms with Gasteiger partial charge in [0.1, 0.15) is 0 Å². The van der Waals surface area contributed by atoms with Crippen LogP contribution < -0.4 is 5.32 Å². The number of nitrogens with one attached hydrogen (secondary N) is 1. The van der Waals surface area contributed by atoms with Crippen LogP contribution in [0.15, 0.2) is 24.3 Å². The van der Waals surface area contributed by atoms with Crippen LogP contribution in [-0.2, 0) is 5.41 Å². The van der Waals surface area contributed by atoms with Crippen LogP contribution >= 0.6 is 12.4 Å². The lowest BCUT2D eigenvalue weighted by Crippen LogP contribution is -2.43. The van der Waals surface area contributed by atoms with Crippen molar-refractivity contribution in [2.24, 2.45) is 0 Å². The molecule has 118 valence electrons. The second-order valence-corrected chi connectivity index (χ2v) is 6.72. The fraction of sp³-hybridized carbons (Fsp3) is 0.588. The van der Waals surface area contributed by atoms with Crippen molar-refractivity contribution in [1.29, 1.82) is 0 Å². The van der Waals surface area contributed by atoms with Crippen molar-refractivity contribution in [1.82, 2.24) is 10.2 Å². The summed E-state index contributed by atoms with van der Waals surface area (Å²) >= 11 is 0. The van der Waals surface area contributed by atoms with E-state index < -0.39 is 0 Å². The summed E-state index contributed by atoms with van der Waals surface area (Å²) in [6, 6.07) is 8.43. The lowest BCUT2D eigenvalue weighted by Gasteiger charge is -2.31. The van der Waals surface area contributed by atoms with Crippen molar-refractivity contribution in [3.8, 4) is 0 Å². The highest BCUT2D eigenvalue weighted by Crippen LogP contribution is 2.23. The maximum atomic E-state index is 12.5. The van der Waals surface area contributed by atoms with Gasteiger partial charge in [-0.05, 0) is 49.0 Å². The van der Waals surface area contributed by atoms with Gasteiger partial charge in [-0.3, -0.25) is 4.79 Å². The Morgan fingerprint density at radius 1 is 1.14 bits per heavy atom. The number of piperidine rings is 1. The minimum absolute atomic E-state index is 0. The molecule has 1 N–H and O–H groups in total. The first-order valence-electron chi connectivity index (χ1n) is 7.48. The molecule has 1 aromatic rings. The van der Waals surface area contributed by atoms with Crippen LogP contribution in [-0.4, -0.2) is 37.0 Å². The van der Waals surface area contributed by atoms with E-state index in [9.17, 15) is 4.79 Å². The van der Waals surface area contributed by atoms with Crippen LogP contribution in [0.2, 0.25) is 0 Å². The molecule has 0 aliphatic carbocycles. The van der Waals surface area contributed by atoms with Gasteiger partial charge >= 0.3 is 0 Å². The molecule has 3 nitrogen and oxygen atoms in total. The molecule has 1 aromatic carbocycles. The quantitative estimate of drug-likeness (QED) is 0.909. The van der Waals surface area contributed by atoms with E-state index in [1.807, 2.05) is 24.1 Å². The van der Waals surface area contributed by atoms with Crippen LogP contribution in [0.3, 0.4) is 0 Å². The summed E-state index contributed by atoms with van der Waals surface area (Å²) in [6.07, 6.45) is 2.09. The Balaban J connectivity index is 0.00000220. The fourth-order valence-electron chi connectivity index (χ4n) is 2.68. The standard InChI is InChI=1S/C17H26N2O.ClH/c1-17(2,3)14-7-5-13(6-8-14)16(20)19(4)15-9-11-18-12-10-15;/h5-8,15,18H,9-12H2,1-4H3;1H. The molecule has 0 atom stereocenters. The normalized spacial score (nSPS) is 16.2. The average Bonchev–Trinajstić information content (AvgIpc) is 2.46. The van der Waals surface area contributed by atoms with Gasteiger partial charge in [-0.1, -0.05) is 32.9 Å². The molecule has 0 unspecified atom stereocenters. The van der Waals surface area contributed by atoms with Crippen molar-refractivity contribution in [3.63, 3.8) is 0 Å². The van der Waals surface area contributed by atoms with Gasteiger partial charge in [-0.15, -0.1) is 12.4 Å². The molecule has 0 saturated carbocycles. The van der Waals surface area contributed by atoms with E-state index in [1.165, 1.54) is 5.56 Å². The Bertz CT molecular complexity index is 459. The molecule has 0 radical (unpaired) electrons. The Hall–Kier alpha value is -1.06. The van der Waals surface area contributed by atoms with Gasteiger partial charge in [0, 0.05) is 18.7 Å². The first-order chi connectivity index (χ1) is 9.39. The summed E-state index contributed by atoms with van der Waals surface area (Å²) in [7, 11) is 1.93. The van der Waals surface area contributed by atoms with E-state index in [0.717, 1.165) is 31.5 Å². The number of hydrogen-bond donors (Lipinski definition) is 1. The van der Waals surface area contributed by atoms with E-state index in [2.05, 4.69) is 38.2 Å². The molecule has 1 heterocycles. The van der Waals surface area contributed by atoms with Crippen molar-refractivity contribution in [2.45, 2.75) is 45.1 Å². The van der Waals surface area contributed by atoms with Gasteiger partial charge in [0.15, 0.2) is 0 Å². The third-order valence-corrected chi connectivity index (χ3v) is 4.17. The molecule has 0 spiro atoms. The average molecular weight is 311 g/mol. The highest BCUT2D eigenvalue weighted by Gasteiger charge is 2.23. The zero-order chi connectivity index (χ0) is 14.8. The molecule has 1 saturated heterocycles. The number of halogens is 1. The molecular weight excluding hydrogens is 284 g/mol. The van der Waals surface area contributed by atoms with Gasteiger partial charge in [0.25, 0.3) is 5.91 Å². The minimum Gasteiger partial charge on any atom is -0.339 e. The topological polar surface area (TPSA) is 32.3 Å². The van der Waals surface area contributed by atoms with Crippen LogP contribution in [0.1, 0.15) is 49.5 Å². The number of rotatable bonds is 2. The molecule has 1 aliphatic heterocycles. The maximum Gasteiger partial charge on any atom is 0.253 e. The molecule has 0 bridgehead atoms. The summed E-state index contributed by atoms with van der Waals surface area (Å²) in [5.41, 5.74) is 2.18. The van der Waals surface area contributed by atoms with Crippen molar-refractivity contribution in [3.05, 3.63) is 35.4 Å². The highest BCUT2D eigenvalue weighted by atomic mass is 35.5. The summed E-state index contributed by atoms with van der Waals surface area (Å²) in [5, 5.41) is 3.33. The van der Waals surface area contributed by atoms with Crippen molar-refractivity contribution >= 4 is 18.3 Å². The van der Waals surface area contributed by atoms with E-state index >= 15 is 0 Å². The van der Waals surface area contributed by atoms with E-state index in [-0.39, 0.29) is 23.7 Å². The predicted molar refractivity (Wildman–Crippen MR) is 90.4 cm³/mol. The Morgan fingerprint density at radius 2 is 1.67 bits per heavy atom. The molecule has 0 aromatic heterocycles. The Kier molecular flexibility index (Phi) is 6.24. The van der Waals surface area contributed by atoms with Crippen LogP contribution in [0.4, 0.5) is 0 Å². The largest absolute Gasteiger partial charge is 0.339 e. The number of carbonyl (C=O) groups excluding carboxylic acids is 1. The van der Waals surface area contributed by atoms with E-state index in [0.29, 0.717) is 6.04 Å². The summed E-state index contributed by atoms with van der Waals surface area (Å²) in [4.78, 5) is 14.4. The molecular formula is C17H27ClN2O. The first-order valence-corrected chi connectivity index (χ1v) is 7.48. The number of nitrogens with zero attached hydrogens (tertiary/aromatic N) is 1. The summed E-state index contributed by atoms with van der Waals surface area (Å²) in [6.45, 7) is 8.57. The monoisotopic (exact) mass is 310 g/mol. The summed E-state index contributed by atoms with van der Waals surface area (Å²) < 4.78 is 0. The van der Waals surface area contributed by atoms with E-state index in [4.69, 9.17) is 0 Å². The molecule has 1 aliphatic rings. The molecule has 2 rings (SSSR count). The second kappa shape index (κ2) is 7.28. The van der Waals surface area contributed by atoms with Gasteiger partial charge in [0.05, 0.1) is 0 Å².